The van der Waals surface area contributed by atoms with Gasteiger partial charge in [-0.15, -0.1) is 24.0 Å². The van der Waals surface area contributed by atoms with Gasteiger partial charge in [-0.1, -0.05) is 30.3 Å². The molecule has 0 radical (unpaired) electrons. The highest BCUT2D eigenvalue weighted by Gasteiger charge is 2.03. The molecule has 25 heavy (non-hydrogen) atoms. The molecule has 0 heterocycles. The number of nitrogens with one attached hydrogen (secondary N) is 2. The van der Waals surface area contributed by atoms with E-state index in [0.29, 0.717) is 36.8 Å². The minimum Gasteiger partial charge on any atom is -0.495 e. The van der Waals surface area contributed by atoms with Crippen LogP contribution in [0.4, 0.5) is 5.69 Å². The second-order valence-electron chi connectivity index (χ2n) is 5.07. The Morgan fingerprint density at radius 3 is 2.52 bits per heavy atom. The molecule has 0 aliphatic heterocycles. The van der Waals surface area contributed by atoms with Crippen LogP contribution >= 0.6 is 24.0 Å². The van der Waals surface area contributed by atoms with E-state index < -0.39 is 0 Å². The van der Waals surface area contributed by atoms with Crippen LogP contribution in [0, 0.1) is 0 Å². The molecular formula is C18H23IN4O2. The van der Waals surface area contributed by atoms with Crippen LogP contribution < -0.4 is 21.1 Å². The number of nitrogens with zero attached hydrogens (tertiary/aromatic N) is 1. The maximum Gasteiger partial charge on any atom is 0.251 e. The number of guanidine groups is 1. The lowest BCUT2D eigenvalue weighted by Gasteiger charge is -2.10. The predicted octanol–water partition coefficient (Wildman–Crippen LogP) is 2.86. The van der Waals surface area contributed by atoms with Gasteiger partial charge in [0.15, 0.2) is 5.96 Å². The standard InChI is InChI=1S/C18H22N4O2.HI/c1-24-16-11-6-5-10-15(16)22-18(19)21-13-7-12-20-17(23)14-8-3-2-4-9-14;/h2-6,8-11H,7,12-13H2,1H3,(H,20,23)(H3,19,21,22);1H. The number of methoxy groups -OCH3 is 1. The number of ether oxygens (including phenoxy) is 1. The predicted molar refractivity (Wildman–Crippen MR) is 112 cm³/mol. The molecule has 0 bridgehead atoms. The maximum absolute atomic E-state index is 11.9. The van der Waals surface area contributed by atoms with Crippen molar-refractivity contribution in [1.82, 2.24) is 5.32 Å². The van der Waals surface area contributed by atoms with Crippen LogP contribution in [-0.4, -0.2) is 32.1 Å². The van der Waals surface area contributed by atoms with Gasteiger partial charge >= 0.3 is 0 Å². The number of hydrogen-bond acceptors (Lipinski definition) is 3. The Kier molecular flexibility index (Phi) is 9.38. The third-order valence-corrected chi connectivity index (χ3v) is 3.31. The van der Waals surface area contributed by atoms with Gasteiger partial charge in [-0.2, -0.15) is 0 Å². The highest BCUT2D eigenvalue weighted by atomic mass is 127. The molecule has 0 fully saturated rings. The number of carbonyl (C=O) groups excluding carboxylic acids is 1. The summed E-state index contributed by atoms with van der Waals surface area (Å²) in [5.74, 6) is 0.930. The molecule has 0 aromatic heterocycles. The largest absolute Gasteiger partial charge is 0.495 e. The van der Waals surface area contributed by atoms with Crippen LogP contribution in [-0.2, 0) is 0 Å². The zero-order valence-electron chi connectivity index (χ0n) is 14.1. The number of hydrogen-bond donors (Lipinski definition) is 3. The third-order valence-electron chi connectivity index (χ3n) is 3.31. The van der Waals surface area contributed by atoms with Gasteiger partial charge in [0.25, 0.3) is 5.91 Å². The number of benzene rings is 2. The van der Waals surface area contributed by atoms with E-state index in [1.54, 1.807) is 19.2 Å². The van der Waals surface area contributed by atoms with Crippen molar-refractivity contribution in [2.45, 2.75) is 6.42 Å². The number of nitrogens with two attached hydrogens (primary N) is 1. The Balaban J connectivity index is 0.00000312. The fourth-order valence-corrected chi connectivity index (χ4v) is 2.10. The first kappa shape index (κ1) is 20.8. The van der Waals surface area contributed by atoms with Crippen molar-refractivity contribution in [3.8, 4) is 5.75 Å². The molecule has 6 nitrogen and oxygen atoms in total. The van der Waals surface area contributed by atoms with E-state index >= 15 is 0 Å². The van der Waals surface area contributed by atoms with Gasteiger partial charge in [-0.25, -0.2) is 0 Å². The number of rotatable bonds is 7. The zero-order valence-corrected chi connectivity index (χ0v) is 16.4. The number of carbonyl (C=O) groups is 1. The molecule has 2 aromatic rings. The second-order valence-corrected chi connectivity index (χ2v) is 5.07. The van der Waals surface area contributed by atoms with E-state index in [9.17, 15) is 4.79 Å². The van der Waals surface area contributed by atoms with Gasteiger partial charge in [-0.3, -0.25) is 9.79 Å². The molecule has 4 N–H and O–H groups in total. The minimum absolute atomic E-state index is 0. The monoisotopic (exact) mass is 454 g/mol. The number of halogens is 1. The summed E-state index contributed by atoms with van der Waals surface area (Å²) < 4.78 is 5.24. The summed E-state index contributed by atoms with van der Waals surface area (Å²) in [6, 6.07) is 16.6. The topological polar surface area (TPSA) is 88.7 Å². The molecule has 0 atom stereocenters. The molecule has 134 valence electrons. The molecule has 0 spiro atoms. The van der Waals surface area contributed by atoms with Crippen LogP contribution in [0.2, 0.25) is 0 Å². The molecular weight excluding hydrogens is 431 g/mol. The summed E-state index contributed by atoms with van der Waals surface area (Å²) in [5, 5.41) is 5.85. The first-order chi connectivity index (χ1) is 11.7. The third kappa shape index (κ3) is 7.00. The summed E-state index contributed by atoms with van der Waals surface area (Å²) in [4.78, 5) is 16.1. The fraction of sp³-hybridized carbons (Fsp3) is 0.222. The summed E-state index contributed by atoms with van der Waals surface area (Å²) in [7, 11) is 1.60. The van der Waals surface area contributed by atoms with Crippen LogP contribution in [0.3, 0.4) is 0 Å². The van der Waals surface area contributed by atoms with Crippen molar-refractivity contribution in [2.75, 3.05) is 25.5 Å². The molecule has 0 saturated heterocycles. The fourth-order valence-electron chi connectivity index (χ4n) is 2.10. The minimum atomic E-state index is -0.0836. The molecule has 2 aromatic carbocycles. The highest BCUT2D eigenvalue weighted by molar-refractivity contribution is 14.0. The Morgan fingerprint density at radius 1 is 1.12 bits per heavy atom. The first-order valence-electron chi connectivity index (χ1n) is 7.74. The Labute approximate surface area is 164 Å². The van der Waals surface area contributed by atoms with E-state index in [-0.39, 0.29) is 29.9 Å². The van der Waals surface area contributed by atoms with E-state index in [2.05, 4.69) is 15.6 Å². The van der Waals surface area contributed by atoms with Crippen molar-refractivity contribution < 1.29 is 9.53 Å². The average Bonchev–Trinajstić information content (AvgIpc) is 2.62. The number of amides is 1. The molecule has 0 unspecified atom stereocenters. The summed E-state index contributed by atoms with van der Waals surface area (Å²) in [6.07, 6.45) is 0.701. The van der Waals surface area contributed by atoms with Crippen LogP contribution in [0.25, 0.3) is 0 Å². The Bertz CT molecular complexity index is 692. The van der Waals surface area contributed by atoms with Crippen molar-refractivity contribution >= 4 is 41.5 Å². The molecule has 7 heteroatoms. The number of para-hydroxylation sites is 2. The zero-order chi connectivity index (χ0) is 17.2. The van der Waals surface area contributed by atoms with E-state index in [1.807, 2.05) is 42.5 Å². The maximum atomic E-state index is 11.9. The lowest BCUT2D eigenvalue weighted by atomic mass is 10.2. The van der Waals surface area contributed by atoms with Gasteiger partial charge < -0.3 is 21.1 Å². The van der Waals surface area contributed by atoms with Crippen molar-refractivity contribution in [2.24, 2.45) is 10.7 Å². The molecule has 1 amide bonds. The molecule has 0 saturated carbocycles. The van der Waals surface area contributed by atoms with Gasteiger partial charge in [0.1, 0.15) is 5.75 Å². The molecule has 2 rings (SSSR count). The molecule has 0 aliphatic carbocycles. The van der Waals surface area contributed by atoms with E-state index in [1.165, 1.54) is 0 Å². The van der Waals surface area contributed by atoms with E-state index in [4.69, 9.17) is 10.5 Å². The van der Waals surface area contributed by atoms with Crippen LogP contribution in [0.5, 0.6) is 5.75 Å². The number of aliphatic imine (C=N–C) groups is 1. The summed E-state index contributed by atoms with van der Waals surface area (Å²) >= 11 is 0. The van der Waals surface area contributed by atoms with E-state index in [0.717, 1.165) is 5.69 Å². The summed E-state index contributed by atoms with van der Waals surface area (Å²) in [6.45, 7) is 1.06. The SMILES string of the molecule is COc1ccccc1NC(N)=NCCCNC(=O)c1ccccc1.I. The normalized spacial score (nSPS) is 10.5. The number of anilines is 1. The average molecular weight is 454 g/mol. The van der Waals surface area contributed by atoms with Gasteiger partial charge in [0.05, 0.1) is 12.8 Å². The van der Waals surface area contributed by atoms with Crippen molar-refractivity contribution in [3.63, 3.8) is 0 Å². The Morgan fingerprint density at radius 2 is 1.80 bits per heavy atom. The summed E-state index contributed by atoms with van der Waals surface area (Å²) in [5.41, 5.74) is 7.27. The highest BCUT2D eigenvalue weighted by Crippen LogP contribution is 2.22. The quantitative estimate of drug-likeness (QED) is 0.260. The van der Waals surface area contributed by atoms with Gasteiger partial charge in [0.2, 0.25) is 0 Å². The molecule has 0 aliphatic rings. The van der Waals surface area contributed by atoms with Crippen LogP contribution in [0.1, 0.15) is 16.8 Å². The van der Waals surface area contributed by atoms with Gasteiger partial charge in [0, 0.05) is 18.7 Å². The Hall–Kier alpha value is -2.29. The first-order valence-corrected chi connectivity index (χ1v) is 7.74. The lowest BCUT2D eigenvalue weighted by molar-refractivity contribution is 0.0953. The van der Waals surface area contributed by atoms with Crippen molar-refractivity contribution in [1.29, 1.82) is 0 Å². The van der Waals surface area contributed by atoms with Crippen LogP contribution in [0.15, 0.2) is 59.6 Å². The smallest absolute Gasteiger partial charge is 0.251 e. The second kappa shape index (κ2) is 11.3. The lowest BCUT2D eigenvalue weighted by Crippen LogP contribution is -2.26. The van der Waals surface area contributed by atoms with Crippen molar-refractivity contribution in [3.05, 3.63) is 60.2 Å². The van der Waals surface area contributed by atoms with Gasteiger partial charge in [-0.05, 0) is 30.7 Å².